The largest absolute Gasteiger partial charge is 0.509 e. The maximum absolute atomic E-state index is 9.79. The van der Waals surface area contributed by atoms with Crippen LogP contribution in [0.4, 0.5) is 0 Å². The molecule has 0 aromatic heterocycles. The second-order valence-corrected chi connectivity index (χ2v) is 5.61. The number of hydrogen-bond acceptors (Lipinski definition) is 6. The van der Waals surface area contributed by atoms with Gasteiger partial charge in [-0.1, -0.05) is 28.1 Å². The third kappa shape index (κ3) is 4.77. The summed E-state index contributed by atoms with van der Waals surface area (Å²) in [7, 11) is 0. The van der Waals surface area contributed by atoms with Crippen LogP contribution in [0.2, 0.25) is 0 Å². The van der Waals surface area contributed by atoms with Gasteiger partial charge in [-0.25, -0.2) is 0 Å². The molecule has 0 amide bonds. The van der Waals surface area contributed by atoms with Crippen LogP contribution in [0.5, 0.6) is 0 Å². The van der Waals surface area contributed by atoms with E-state index in [2.05, 4.69) is 15.9 Å². The molecule has 0 aliphatic carbocycles. The van der Waals surface area contributed by atoms with E-state index in [1.54, 1.807) is 18.2 Å². The molecule has 0 fully saturated rings. The molecule has 118 valence electrons. The van der Waals surface area contributed by atoms with Gasteiger partial charge in [-0.15, -0.1) is 0 Å². The molecule has 4 unspecified atom stereocenters. The normalized spacial score (nSPS) is 18.1. The molecule has 1 aromatic rings. The second-order valence-electron chi connectivity index (χ2n) is 4.75. The van der Waals surface area contributed by atoms with E-state index < -0.39 is 36.8 Å². The summed E-state index contributed by atoms with van der Waals surface area (Å²) in [6.45, 7) is 1.11. The fourth-order valence-electron chi connectivity index (χ4n) is 1.65. The Balaban J connectivity index is 2.87. The highest BCUT2D eigenvalue weighted by atomic mass is 79.9. The van der Waals surface area contributed by atoms with Crippen LogP contribution in [0, 0.1) is 6.92 Å². The Morgan fingerprint density at radius 3 is 2.33 bits per heavy atom. The second kappa shape index (κ2) is 7.88. The zero-order valence-corrected chi connectivity index (χ0v) is 13.0. The van der Waals surface area contributed by atoms with Crippen LogP contribution >= 0.6 is 15.9 Å². The number of halogens is 1. The molecule has 4 atom stereocenters. The molecule has 1 aromatic carbocycles. The lowest BCUT2D eigenvalue weighted by Gasteiger charge is -2.25. The minimum atomic E-state index is -1.84. The molecule has 0 saturated heterocycles. The molecule has 7 heteroatoms. The zero-order valence-electron chi connectivity index (χ0n) is 11.4. The van der Waals surface area contributed by atoms with Crippen LogP contribution in [0.25, 0.3) is 6.08 Å². The molecular weight excluding hydrogens is 344 g/mol. The fraction of sp³-hybridized carbons (Fsp3) is 0.429. The van der Waals surface area contributed by atoms with Gasteiger partial charge in [0.25, 0.3) is 0 Å². The molecule has 0 aliphatic heterocycles. The molecule has 6 nitrogen and oxygen atoms in total. The third-order valence-electron chi connectivity index (χ3n) is 3.07. The topological polar surface area (TPSA) is 121 Å². The summed E-state index contributed by atoms with van der Waals surface area (Å²) in [5.74, 6) is -0.567. The fourth-order valence-corrected chi connectivity index (χ4v) is 2.05. The maximum Gasteiger partial charge on any atom is 0.139 e. The summed E-state index contributed by atoms with van der Waals surface area (Å²) in [6.07, 6.45) is -5.80. The summed E-state index contributed by atoms with van der Waals surface area (Å²) in [4.78, 5) is 0. The van der Waals surface area contributed by atoms with Gasteiger partial charge >= 0.3 is 0 Å². The minimum Gasteiger partial charge on any atom is -0.509 e. The number of aliphatic hydroxyl groups is 6. The Bertz CT molecular complexity index is 504. The molecule has 0 spiro atoms. The van der Waals surface area contributed by atoms with Crippen molar-refractivity contribution in [1.29, 1.82) is 0 Å². The monoisotopic (exact) mass is 362 g/mol. The van der Waals surface area contributed by atoms with Crippen LogP contribution in [0.3, 0.4) is 0 Å². The first kappa shape index (κ1) is 18.1. The predicted molar refractivity (Wildman–Crippen MR) is 80.6 cm³/mol. The van der Waals surface area contributed by atoms with E-state index in [0.717, 1.165) is 10.0 Å². The summed E-state index contributed by atoms with van der Waals surface area (Å²) < 4.78 is 0.815. The Kier molecular flexibility index (Phi) is 6.79. The highest BCUT2D eigenvalue weighted by Gasteiger charge is 2.32. The van der Waals surface area contributed by atoms with Crippen molar-refractivity contribution in [2.75, 3.05) is 6.61 Å². The average Bonchev–Trinajstić information content (AvgIpc) is 2.47. The van der Waals surface area contributed by atoms with Gasteiger partial charge in [0.15, 0.2) is 0 Å². The standard InChI is InChI=1S/C14H19BrO6/c1-7-2-3-8(4-9(7)15)5-10(17)12(19)14(21)13(20)11(18)6-16/h2-5,11-14,16-21H,6H2,1H3. The highest BCUT2D eigenvalue weighted by Crippen LogP contribution is 2.20. The first-order chi connectivity index (χ1) is 9.77. The van der Waals surface area contributed by atoms with E-state index in [1.807, 2.05) is 6.92 Å². The number of aliphatic hydroxyl groups excluding tert-OH is 6. The molecule has 0 aliphatic rings. The summed E-state index contributed by atoms with van der Waals surface area (Å²) in [5.41, 5.74) is 1.57. The lowest BCUT2D eigenvalue weighted by molar-refractivity contribution is -0.112. The highest BCUT2D eigenvalue weighted by molar-refractivity contribution is 9.10. The summed E-state index contributed by atoms with van der Waals surface area (Å²) in [6, 6.07) is 5.22. The Morgan fingerprint density at radius 1 is 1.19 bits per heavy atom. The van der Waals surface area contributed by atoms with E-state index in [4.69, 9.17) is 5.11 Å². The zero-order chi connectivity index (χ0) is 16.2. The van der Waals surface area contributed by atoms with Gasteiger partial charge in [0, 0.05) is 4.47 Å². The van der Waals surface area contributed by atoms with E-state index in [1.165, 1.54) is 6.08 Å². The van der Waals surface area contributed by atoms with Crippen molar-refractivity contribution in [3.8, 4) is 0 Å². The van der Waals surface area contributed by atoms with Crippen LogP contribution < -0.4 is 0 Å². The lowest BCUT2D eigenvalue weighted by atomic mass is 10.0. The number of hydrogen-bond donors (Lipinski definition) is 6. The first-order valence-electron chi connectivity index (χ1n) is 6.27. The van der Waals surface area contributed by atoms with E-state index in [-0.39, 0.29) is 0 Å². The van der Waals surface area contributed by atoms with Gasteiger partial charge < -0.3 is 30.6 Å². The molecule has 0 heterocycles. The molecule has 1 rings (SSSR count). The minimum absolute atomic E-state index is 0.567. The van der Waals surface area contributed by atoms with Crippen molar-refractivity contribution >= 4 is 22.0 Å². The summed E-state index contributed by atoms with van der Waals surface area (Å²) >= 11 is 3.33. The smallest absolute Gasteiger partial charge is 0.139 e. The molecular formula is C14H19BrO6. The van der Waals surface area contributed by atoms with Crippen LogP contribution in [-0.2, 0) is 0 Å². The quantitative estimate of drug-likeness (QED) is 0.399. The van der Waals surface area contributed by atoms with E-state index in [9.17, 15) is 25.5 Å². The predicted octanol–water partition coefficient (Wildman–Crippen LogP) is 0.0923. The lowest BCUT2D eigenvalue weighted by Crippen LogP contribution is -2.46. The molecule has 0 saturated carbocycles. The van der Waals surface area contributed by atoms with Gasteiger partial charge in [0.2, 0.25) is 0 Å². The Morgan fingerprint density at radius 2 is 1.81 bits per heavy atom. The third-order valence-corrected chi connectivity index (χ3v) is 3.92. The van der Waals surface area contributed by atoms with Gasteiger partial charge in [0.1, 0.15) is 30.2 Å². The Labute approximate surface area is 130 Å². The van der Waals surface area contributed by atoms with E-state index in [0.29, 0.717) is 5.56 Å². The van der Waals surface area contributed by atoms with Crippen molar-refractivity contribution in [2.24, 2.45) is 0 Å². The van der Waals surface area contributed by atoms with E-state index >= 15 is 0 Å². The van der Waals surface area contributed by atoms with Crippen molar-refractivity contribution < 1.29 is 30.6 Å². The average molecular weight is 363 g/mol. The molecule has 0 radical (unpaired) electrons. The SMILES string of the molecule is Cc1ccc(C=C(O)C(O)C(O)C(O)C(O)CO)cc1Br. The molecule has 0 bridgehead atoms. The molecule has 21 heavy (non-hydrogen) atoms. The van der Waals surface area contributed by atoms with Gasteiger partial charge in [-0.3, -0.25) is 0 Å². The van der Waals surface area contributed by atoms with Crippen molar-refractivity contribution in [2.45, 2.75) is 31.3 Å². The Hall–Kier alpha value is -0.960. The van der Waals surface area contributed by atoms with Gasteiger partial charge in [-0.2, -0.15) is 0 Å². The van der Waals surface area contributed by atoms with Gasteiger partial charge in [0.05, 0.1) is 6.61 Å². The number of benzene rings is 1. The number of aryl methyl sites for hydroxylation is 1. The van der Waals surface area contributed by atoms with Crippen molar-refractivity contribution in [3.63, 3.8) is 0 Å². The summed E-state index contributed by atoms with van der Waals surface area (Å²) in [5, 5.41) is 56.6. The van der Waals surface area contributed by atoms with Crippen LogP contribution in [-0.4, -0.2) is 61.7 Å². The van der Waals surface area contributed by atoms with Crippen LogP contribution in [0.15, 0.2) is 28.4 Å². The number of rotatable bonds is 6. The first-order valence-corrected chi connectivity index (χ1v) is 7.07. The molecule has 6 N–H and O–H groups in total. The van der Waals surface area contributed by atoms with Crippen LogP contribution in [0.1, 0.15) is 11.1 Å². The maximum atomic E-state index is 9.79. The van der Waals surface area contributed by atoms with Crippen molar-refractivity contribution in [3.05, 3.63) is 39.6 Å². The van der Waals surface area contributed by atoms with Gasteiger partial charge in [-0.05, 0) is 30.2 Å². The van der Waals surface area contributed by atoms with Crippen molar-refractivity contribution in [1.82, 2.24) is 0 Å².